The molecule has 0 aliphatic carbocycles. The van der Waals surface area contributed by atoms with Crippen molar-refractivity contribution >= 4 is 17.5 Å². The van der Waals surface area contributed by atoms with Gasteiger partial charge in [0.2, 0.25) is 0 Å². The molecule has 2 amide bonds. The first-order chi connectivity index (χ1) is 14.2. The number of furan rings is 1. The fraction of sp³-hybridized carbons (Fsp3) is 0.217. The quantitative estimate of drug-likeness (QED) is 0.679. The summed E-state index contributed by atoms with van der Waals surface area (Å²) in [5, 5.41) is 2.81. The van der Waals surface area contributed by atoms with Gasteiger partial charge in [-0.15, -0.1) is 0 Å². The smallest absolute Gasteiger partial charge is 0.291 e. The van der Waals surface area contributed by atoms with E-state index in [9.17, 15) is 9.59 Å². The van der Waals surface area contributed by atoms with Crippen LogP contribution in [0.1, 0.15) is 39.3 Å². The fourth-order valence-corrected chi connectivity index (χ4v) is 3.31. The molecule has 6 nitrogen and oxygen atoms in total. The maximum atomic E-state index is 12.6. The molecule has 0 spiro atoms. The Balaban J connectivity index is 1.38. The van der Waals surface area contributed by atoms with Gasteiger partial charge in [0.05, 0.1) is 6.26 Å². The zero-order valence-corrected chi connectivity index (χ0v) is 16.0. The second-order valence-electron chi connectivity index (χ2n) is 6.91. The van der Waals surface area contributed by atoms with Crippen LogP contribution in [0.2, 0.25) is 0 Å². The average Bonchev–Trinajstić information content (AvgIpc) is 3.45. The number of anilines is 1. The van der Waals surface area contributed by atoms with Crippen LogP contribution < -0.4 is 10.1 Å². The minimum Gasteiger partial charge on any atom is -0.489 e. The number of hydrogen-bond donors (Lipinski definition) is 1. The summed E-state index contributed by atoms with van der Waals surface area (Å²) < 4.78 is 11.1. The molecule has 6 heteroatoms. The van der Waals surface area contributed by atoms with Gasteiger partial charge >= 0.3 is 0 Å². The minimum atomic E-state index is -0.361. The minimum absolute atomic E-state index is 0.0340. The number of nitrogens with zero attached hydrogens (tertiary/aromatic N) is 1. The highest BCUT2D eigenvalue weighted by atomic mass is 16.5. The van der Waals surface area contributed by atoms with E-state index in [4.69, 9.17) is 9.15 Å². The van der Waals surface area contributed by atoms with Gasteiger partial charge in [-0.05, 0) is 55.3 Å². The average molecular weight is 390 g/mol. The van der Waals surface area contributed by atoms with Gasteiger partial charge in [-0.2, -0.15) is 0 Å². The van der Waals surface area contributed by atoms with E-state index in [1.807, 2.05) is 35.2 Å². The summed E-state index contributed by atoms with van der Waals surface area (Å²) in [6, 6.07) is 18.0. The SMILES string of the molecule is O=C(Nc1ccc(C(=O)N2CCCC2)cc1)c1occc1COc1ccccc1. The summed E-state index contributed by atoms with van der Waals surface area (Å²) in [6.07, 6.45) is 3.58. The lowest BCUT2D eigenvalue weighted by atomic mass is 10.1. The highest BCUT2D eigenvalue weighted by Gasteiger charge is 2.20. The zero-order chi connectivity index (χ0) is 20.1. The van der Waals surface area contributed by atoms with Crippen molar-refractivity contribution in [2.24, 2.45) is 0 Å². The molecule has 29 heavy (non-hydrogen) atoms. The van der Waals surface area contributed by atoms with E-state index in [1.165, 1.54) is 6.26 Å². The normalized spacial score (nSPS) is 13.3. The molecule has 3 aromatic rings. The van der Waals surface area contributed by atoms with Gasteiger partial charge in [-0.25, -0.2) is 0 Å². The summed E-state index contributed by atoms with van der Waals surface area (Å²) in [6.45, 7) is 1.85. The zero-order valence-electron chi connectivity index (χ0n) is 16.0. The Morgan fingerprint density at radius 3 is 2.41 bits per heavy atom. The van der Waals surface area contributed by atoms with Gasteiger partial charge in [0.15, 0.2) is 5.76 Å². The summed E-state index contributed by atoms with van der Waals surface area (Å²) in [5.41, 5.74) is 1.88. The lowest BCUT2D eigenvalue weighted by Gasteiger charge is -2.15. The highest BCUT2D eigenvalue weighted by molar-refractivity contribution is 6.03. The predicted molar refractivity (Wildman–Crippen MR) is 109 cm³/mol. The van der Waals surface area contributed by atoms with Crippen molar-refractivity contribution in [3.63, 3.8) is 0 Å². The van der Waals surface area contributed by atoms with Crippen LogP contribution in [-0.2, 0) is 6.61 Å². The van der Waals surface area contributed by atoms with Gasteiger partial charge in [0.1, 0.15) is 12.4 Å². The molecular weight excluding hydrogens is 368 g/mol. The standard InChI is InChI=1S/C23H22N2O4/c26-22(21-18(12-15-28-21)16-29-20-6-2-1-3-7-20)24-19-10-8-17(9-11-19)23(27)25-13-4-5-14-25/h1-3,6-12,15H,4-5,13-14,16H2,(H,24,26). The highest BCUT2D eigenvalue weighted by Crippen LogP contribution is 2.19. The molecule has 0 atom stereocenters. The Hall–Kier alpha value is -3.54. The number of carbonyl (C=O) groups excluding carboxylic acids is 2. The molecule has 1 N–H and O–H groups in total. The molecule has 2 heterocycles. The maximum absolute atomic E-state index is 12.6. The summed E-state index contributed by atoms with van der Waals surface area (Å²) in [5.74, 6) is 0.600. The monoisotopic (exact) mass is 390 g/mol. The van der Waals surface area contributed by atoms with E-state index < -0.39 is 0 Å². The van der Waals surface area contributed by atoms with Crippen molar-refractivity contribution in [1.82, 2.24) is 4.90 Å². The van der Waals surface area contributed by atoms with Crippen LogP contribution in [0.15, 0.2) is 71.3 Å². The summed E-state index contributed by atoms with van der Waals surface area (Å²) >= 11 is 0. The van der Waals surface area contributed by atoms with E-state index in [0.717, 1.165) is 31.7 Å². The lowest BCUT2D eigenvalue weighted by molar-refractivity contribution is 0.0792. The molecule has 1 aromatic heterocycles. The third-order valence-corrected chi connectivity index (χ3v) is 4.87. The lowest BCUT2D eigenvalue weighted by Crippen LogP contribution is -2.27. The van der Waals surface area contributed by atoms with E-state index in [1.54, 1.807) is 30.3 Å². The van der Waals surface area contributed by atoms with Crippen LogP contribution in [-0.4, -0.2) is 29.8 Å². The van der Waals surface area contributed by atoms with Gasteiger partial charge in [0, 0.05) is 29.9 Å². The molecule has 1 fully saturated rings. The number of amides is 2. The topological polar surface area (TPSA) is 71.8 Å². The van der Waals surface area contributed by atoms with Crippen molar-refractivity contribution < 1.29 is 18.7 Å². The first kappa shape index (κ1) is 18.8. The molecule has 2 aromatic carbocycles. The largest absolute Gasteiger partial charge is 0.489 e. The molecule has 148 valence electrons. The van der Waals surface area contributed by atoms with Crippen molar-refractivity contribution in [2.45, 2.75) is 19.4 Å². The molecule has 0 unspecified atom stereocenters. The second kappa shape index (κ2) is 8.65. The van der Waals surface area contributed by atoms with Gasteiger partial charge in [-0.3, -0.25) is 9.59 Å². The van der Waals surface area contributed by atoms with E-state index >= 15 is 0 Å². The van der Waals surface area contributed by atoms with E-state index in [2.05, 4.69) is 5.32 Å². The Kier molecular flexibility index (Phi) is 5.61. The number of likely N-dealkylation sites (tertiary alicyclic amines) is 1. The Morgan fingerprint density at radius 1 is 0.966 bits per heavy atom. The maximum Gasteiger partial charge on any atom is 0.291 e. The first-order valence-electron chi connectivity index (χ1n) is 9.65. The summed E-state index contributed by atoms with van der Waals surface area (Å²) in [4.78, 5) is 26.9. The molecule has 4 rings (SSSR count). The second-order valence-corrected chi connectivity index (χ2v) is 6.91. The number of para-hydroxylation sites is 1. The van der Waals surface area contributed by atoms with Crippen molar-refractivity contribution in [3.8, 4) is 5.75 Å². The number of rotatable bonds is 6. The van der Waals surface area contributed by atoms with E-state index in [-0.39, 0.29) is 24.2 Å². The molecule has 0 saturated carbocycles. The van der Waals surface area contributed by atoms with Crippen LogP contribution in [0.3, 0.4) is 0 Å². The van der Waals surface area contributed by atoms with Crippen LogP contribution >= 0.6 is 0 Å². The molecule has 0 radical (unpaired) electrons. The first-order valence-corrected chi connectivity index (χ1v) is 9.65. The third kappa shape index (κ3) is 4.48. The summed E-state index contributed by atoms with van der Waals surface area (Å²) in [7, 11) is 0. The number of carbonyl (C=O) groups is 2. The molecule has 1 aliphatic rings. The molecule has 1 saturated heterocycles. The van der Waals surface area contributed by atoms with Crippen LogP contribution in [0.5, 0.6) is 5.75 Å². The Morgan fingerprint density at radius 2 is 1.69 bits per heavy atom. The van der Waals surface area contributed by atoms with Gasteiger partial charge < -0.3 is 19.4 Å². The Labute approximate surface area is 169 Å². The van der Waals surface area contributed by atoms with Crippen molar-refractivity contribution in [1.29, 1.82) is 0 Å². The van der Waals surface area contributed by atoms with Gasteiger partial charge in [0.25, 0.3) is 11.8 Å². The van der Waals surface area contributed by atoms with Crippen molar-refractivity contribution in [2.75, 3.05) is 18.4 Å². The fourth-order valence-electron chi connectivity index (χ4n) is 3.31. The molecular formula is C23H22N2O4. The number of hydrogen-bond acceptors (Lipinski definition) is 4. The Bertz CT molecular complexity index is 974. The molecule has 0 bridgehead atoms. The number of benzene rings is 2. The number of ether oxygens (including phenoxy) is 1. The van der Waals surface area contributed by atoms with E-state index in [0.29, 0.717) is 16.8 Å². The molecule has 1 aliphatic heterocycles. The van der Waals surface area contributed by atoms with Crippen LogP contribution in [0.25, 0.3) is 0 Å². The van der Waals surface area contributed by atoms with Crippen molar-refractivity contribution in [3.05, 3.63) is 83.8 Å². The van der Waals surface area contributed by atoms with Crippen LogP contribution in [0.4, 0.5) is 5.69 Å². The van der Waals surface area contributed by atoms with Crippen LogP contribution in [0, 0.1) is 0 Å². The van der Waals surface area contributed by atoms with Gasteiger partial charge in [-0.1, -0.05) is 18.2 Å². The number of nitrogens with one attached hydrogen (secondary N) is 1. The third-order valence-electron chi connectivity index (χ3n) is 4.87. The predicted octanol–water partition coefficient (Wildman–Crippen LogP) is 4.35.